The van der Waals surface area contributed by atoms with Gasteiger partial charge in [-0.2, -0.15) is 0 Å². The maximum atomic E-state index is 12.5. The minimum Gasteiger partial charge on any atom is -0.376 e. The fourth-order valence-electron chi connectivity index (χ4n) is 4.61. The molecule has 2 saturated carbocycles. The minimum atomic E-state index is -0.660. The third-order valence-electron chi connectivity index (χ3n) is 6.28. The van der Waals surface area contributed by atoms with Crippen molar-refractivity contribution in [1.82, 2.24) is 15.5 Å². The number of hydrogen-bond donors (Lipinski definition) is 2. The van der Waals surface area contributed by atoms with Gasteiger partial charge in [-0.15, -0.1) is 0 Å². The van der Waals surface area contributed by atoms with Gasteiger partial charge in [0.25, 0.3) is 5.91 Å². The lowest BCUT2D eigenvalue weighted by Crippen LogP contribution is -2.44. The Hall–Kier alpha value is -1.63. The fraction of sp³-hybridized carbons (Fsp3) is 0.850. The summed E-state index contributed by atoms with van der Waals surface area (Å²) in [5.41, 5.74) is -0.660. The molecule has 27 heavy (non-hydrogen) atoms. The van der Waals surface area contributed by atoms with Crippen LogP contribution in [-0.4, -0.2) is 54.1 Å². The lowest BCUT2D eigenvalue weighted by atomic mass is 9.88. The lowest BCUT2D eigenvalue weighted by Gasteiger charge is -2.28. The molecule has 1 heterocycles. The van der Waals surface area contributed by atoms with Gasteiger partial charge < -0.3 is 15.4 Å². The zero-order valence-corrected chi connectivity index (χ0v) is 16.4. The largest absolute Gasteiger partial charge is 0.376 e. The molecule has 152 valence electrons. The van der Waals surface area contributed by atoms with Gasteiger partial charge in [0.15, 0.2) is 0 Å². The molecule has 0 radical (unpaired) electrons. The predicted octanol–water partition coefficient (Wildman–Crippen LogP) is 2.34. The molecular formula is C20H33N3O4. The summed E-state index contributed by atoms with van der Waals surface area (Å²) in [5.74, 6) is 0.431. The predicted molar refractivity (Wildman–Crippen MR) is 101 cm³/mol. The van der Waals surface area contributed by atoms with Crippen molar-refractivity contribution < 1.29 is 19.1 Å². The zero-order valence-electron chi connectivity index (χ0n) is 16.4. The minimum absolute atomic E-state index is 0.0575. The molecule has 0 bridgehead atoms. The average Bonchev–Trinajstić information content (AvgIpc) is 3.20. The highest BCUT2D eigenvalue weighted by Gasteiger charge is 2.52. The molecule has 3 aliphatic rings. The van der Waals surface area contributed by atoms with Crippen LogP contribution in [0.25, 0.3) is 0 Å². The van der Waals surface area contributed by atoms with Crippen molar-refractivity contribution in [2.75, 3.05) is 19.7 Å². The molecule has 0 aromatic heterocycles. The number of hydrogen-bond acceptors (Lipinski definition) is 4. The van der Waals surface area contributed by atoms with E-state index in [4.69, 9.17) is 4.74 Å². The van der Waals surface area contributed by atoms with E-state index < -0.39 is 5.54 Å². The highest BCUT2D eigenvalue weighted by Crippen LogP contribution is 2.35. The summed E-state index contributed by atoms with van der Waals surface area (Å²) >= 11 is 0. The Morgan fingerprint density at radius 1 is 1.22 bits per heavy atom. The Balaban J connectivity index is 1.29. The first-order valence-electron chi connectivity index (χ1n) is 10.5. The van der Waals surface area contributed by atoms with E-state index in [9.17, 15) is 14.4 Å². The number of carbonyl (C=O) groups is 3. The third kappa shape index (κ3) is 4.81. The van der Waals surface area contributed by atoms with Gasteiger partial charge in [-0.3, -0.25) is 14.5 Å². The SMILES string of the molecule is CC1CCCCC1OCCNC(=O)CCCN1C(=O)NC2(CCCC2)C1=O. The Morgan fingerprint density at radius 2 is 1.96 bits per heavy atom. The number of nitrogens with zero attached hydrogens (tertiary/aromatic N) is 1. The van der Waals surface area contributed by atoms with Crippen molar-refractivity contribution in [2.24, 2.45) is 5.92 Å². The number of rotatable bonds is 8. The molecule has 2 N–H and O–H groups in total. The monoisotopic (exact) mass is 379 g/mol. The third-order valence-corrected chi connectivity index (χ3v) is 6.28. The zero-order chi connectivity index (χ0) is 19.3. The molecule has 1 spiro atoms. The van der Waals surface area contributed by atoms with Gasteiger partial charge in [0.1, 0.15) is 5.54 Å². The first-order chi connectivity index (χ1) is 13.0. The van der Waals surface area contributed by atoms with Crippen LogP contribution in [0.4, 0.5) is 4.79 Å². The molecule has 1 saturated heterocycles. The van der Waals surface area contributed by atoms with E-state index in [2.05, 4.69) is 17.6 Å². The number of carbonyl (C=O) groups excluding carboxylic acids is 3. The van der Waals surface area contributed by atoms with E-state index in [-0.39, 0.29) is 17.8 Å². The van der Waals surface area contributed by atoms with Crippen molar-refractivity contribution in [3.8, 4) is 0 Å². The summed E-state index contributed by atoms with van der Waals surface area (Å²) in [6.45, 7) is 3.58. The van der Waals surface area contributed by atoms with E-state index in [1.54, 1.807) is 0 Å². The van der Waals surface area contributed by atoms with E-state index in [1.165, 1.54) is 24.2 Å². The molecule has 0 aromatic carbocycles. The summed E-state index contributed by atoms with van der Waals surface area (Å²) in [4.78, 5) is 37.9. The normalized spacial score (nSPS) is 27.2. The van der Waals surface area contributed by atoms with Gasteiger partial charge >= 0.3 is 6.03 Å². The molecule has 3 fully saturated rings. The first-order valence-corrected chi connectivity index (χ1v) is 10.5. The smallest absolute Gasteiger partial charge is 0.325 e. The molecule has 2 unspecified atom stereocenters. The number of nitrogens with one attached hydrogen (secondary N) is 2. The van der Waals surface area contributed by atoms with Gasteiger partial charge in [0.05, 0.1) is 12.7 Å². The molecular weight excluding hydrogens is 346 g/mol. The number of urea groups is 1. The Bertz CT molecular complexity index is 559. The van der Waals surface area contributed by atoms with Crippen LogP contribution in [0.2, 0.25) is 0 Å². The summed E-state index contributed by atoms with van der Waals surface area (Å²) < 4.78 is 5.89. The van der Waals surface area contributed by atoms with Gasteiger partial charge in [0, 0.05) is 19.5 Å². The van der Waals surface area contributed by atoms with Crippen molar-refractivity contribution in [1.29, 1.82) is 0 Å². The lowest BCUT2D eigenvalue weighted by molar-refractivity contribution is -0.131. The van der Waals surface area contributed by atoms with Crippen LogP contribution in [0.15, 0.2) is 0 Å². The molecule has 2 atom stereocenters. The second-order valence-corrected chi connectivity index (χ2v) is 8.30. The Kier molecular flexibility index (Phi) is 6.73. The highest BCUT2D eigenvalue weighted by molar-refractivity contribution is 6.07. The van der Waals surface area contributed by atoms with E-state index >= 15 is 0 Å². The molecule has 7 heteroatoms. The summed E-state index contributed by atoms with van der Waals surface area (Å²) in [5, 5.41) is 5.73. The summed E-state index contributed by atoms with van der Waals surface area (Å²) in [6, 6.07) is -0.308. The fourth-order valence-corrected chi connectivity index (χ4v) is 4.61. The highest BCUT2D eigenvalue weighted by atomic mass is 16.5. The maximum Gasteiger partial charge on any atom is 0.325 e. The van der Waals surface area contributed by atoms with Gasteiger partial charge in [0.2, 0.25) is 5.91 Å². The Morgan fingerprint density at radius 3 is 2.70 bits per heavy atom. The van der Waals surface area contributed by atoms with Crippen LogP contribution in [-0.2, 0) is 14.3 Å². The number of ether oxygens (including phenoxy) is 1. The molecule has 4 amide bonds. The second-order valence-electron chi connectivity index (χ2n) is 8.30. The Labute approximate surface area is 161 Å². The second kappa shape index (κ2) is 9.04. The van der Waals surface area contributed by atoms with Crippen molar-refractivity contribution >= 4 is 17.8 Å². The van der Waals surface area contributed by atoms with Gasteiger partial charge in [-0.05, 0) is 38.0 Å². The molecule has 1 aliphatic heterocycles. The maximum absolute atomic E-state index is 12.5. The standard InChI is InChI=1S/C20H33N3O4/c1-15-7-2-3-8-16(15)27-14-12-21-17(24)9-6-13-23-18(25)20(22-19(23)26)10-4-5-11-20/h15-16H,2-14H2,1H3,(H,21,24)(H,22,26). The first kappa shape index (κ1) is 20.1. The quantitative estimate of drug-likeness (QED) is 0.500. The molecule has 2 aliphatic carbocycles. The van der Waals surface area contributed by atoms with Gasteiger partial charge in [-0.25, -0.2) is 4.79 Å². The molecule has 3 rings (SSSR count). The van der Waals surface area contributed by atoms with Crippen LogP contribution in [0.3, 0.4) is 0 Å². The summed E-state index contributed by atoms with van der Waals surface area (Å²) in [7, 11) is 0. The van der Waals surface area contributed by atoms with E-state index in [0.717, 1.165) is 32.1 Å². The number of amides is 4. The topological polar surface area (TPSA) is 87.7 Å². The van der Waals surface area contributed by atoms with Crippen molar-refractivity contribution in [3.63, 3.8) is 0 Å². The van der Waals surface area contributed by atoms with Crippen LogP contribution >= 0.6 is 0 Å². The molecule has 7 nitrogen and oxygen atoms in total. The number of imide groups is 1. The van der Waals surface area contributed by atoms with Crippen molar-refractivity contribution in [2.45, 2.75) is 82.8 Å². The summed E-state index contributed by atoms with van der Waals surface area (Å²) in [6.07, 6.45) is 9.38. The van der Waals surface area contributed by atoms with Crippen LogP contribution < -0.4 is 10.6 Å². The van der Waals surface area contributed by atoms with Crippen LogP contribution in [0, 0.1) is 5.92 Å². The van der Waals surface area contributed by atoms with E-state index in [0.29, 0.717) is 44.6 Å². The average molecular weight is 380 g/mol. The van der Waals surface area contributed by atoms with E-state index in [1.807, 2.05) is 0 Å². The van der Waals surface area contributed by atoms with Crippen molar-refractivity contribution in [3.05, 3.63) is 0 Å². The van der Waals surface area contributed by atoms with Gasteiger partial charge in [-0.1, -0.05) is 32.6 Å². The van der Waals surface area contributed by atoms with Crippen LogP contribution in [0.5, 0.6) is 0 Å². The van der Waals surface area contributed by atoms with Crippen LogP contribution in [0.1, 0.15) is 71.1 Å². The molecule has 0 aromatic rings.